The number of hydrogen-bond donors (Lipinski definition) is 0. The minimum absolute atomic E-state index is 0.251. The number of hydrogen-bond acceptors (Lipinski definition) is 5. The Hall–Kier alpha value is -1.99. The Morgan fingerprint density at radius 1 is 1.24 bits per heavy atom. The number of carbonyl (C=O) groups excluding carboxylic acids is 1. The van der Waals surface area contributed by atoms with Crippen LogP contribution in [0.4, 0.5) is 5.13 Å². The Labute approximate surface area is 133 Å². The fourth-order valence-corrected chi connectivity index (χ4v) is 2.79. The van der Waals surface area contributed by atoms with Gasteiger partial charge in [-0.2, -0.15) is 0 Å². The van der Waals surface area contributed by atoms with Gasteiger partial charge in [-0.15, -0.1) is 10.2 Å². The maximum absolute atomic E-state index is 12.2. The first-order valence-electron chi connectivity index (χ1n) is 6.06. The first-order chi connectivity index (χ1) is 10.1. The maximum Gasteiger partial charge on any atom is 0.295 e. The Kier molecular flexibility index (Phi) is 3.85. The van der Waals surface area contributed by atoms with Gasteiger partial charge in [-0.25, -0.2) is 0 Å². The summed E-state index contributed by atoms with van der Waals surface area (Å²) in [7, 11) is 1.65. The van der Waals surface area contributed by atoms with E-state index in [4.69, 9.17) is 4.42 Å². The number of rotatable bonds is 3. The molecule has 2 heterocycles. The first-order valence-corrected chi connectivity index (χ1v) is 7.67. The van der Waals surface area contributed by atoms with E-state index >= 15 is 0 Å². The topological polar surface area (TPSA) is 59.2 Å². The average Bonchev–Trinajstić information content (AvgIpc) is 3.18. The van der Waals surface area contributed by atoms with Crippen LogP contribution >= 0.6 is 27.3 Å². The molecular weight excluding hydrogens is 354 g/mol. The molecule has 0 bridgehead atoms. The molecule has 0 aliphatic rings. The van der Waals surface area contributed by atoms with Crippen LogP contribution in [-0.4, -0.2) is 23.2 Å². The molecule has 21 heavy (non-hydrogen) atoms. The van der Waals surface area contributed by atoms with Gasteiger partial charge >= 0.3 is 0 Å². The van der Waals surface area contributed by atoms with E-state index in [1.807, 2.05) is 24.3 Å². The van der Waals surface area contributed by atoms with Crippen LogP contribution in [0.2, 0.25) is 0 Å². The van der Waals surface area contributed by atoms with Crippen LogP contribution in [0, 0.1) is 0 Å². The predicted molar refractivity (Wildman–Crippen MR) is 84.5 cm³/mol. The maximum atomic E-state index is 12.2. The molecule has 0 atom stereocenters. The van der Waals surface area contributed by atoms with Crippen molar-refractivity contribution in [1.29, 1.82) is 0 Å². The Bertz CT molecular complexity index is 753. The lowest BCUT2D eigenvalue weighted by Gasteiger charge is -2.10. The van der Waals surface area contributed by atoms with Crippen molar-refractivity contribution in [2.75, 3.05) is 11.9 Å². The summed E-state index contributed by atoms with van der Waals surface area (Å²) in [5.74, 6) is 0.0244. The molecule has 0 aliphatic carbocycles. The molecule has 1 aromatic carbocycles. The molecule has 3 rings (SSSR count). The summed E-state index contributed by atoms with van der Waals surface area (Å²) in [6, 6.07) is 11.1. The van der Waals surface area contributed by atoms with E-state index in [-0.39, 0.29) is 11.7 Å². The number of furan rings is 1. The van der Waals surface area contributed by atoms with E-state index in [1.54, 1.807) is 19.2 Å². The van der Waals surface area contributed by atoms with E-state index in [1.165, 1.54) is 22.5 Å². The molecule has 106 valence electrons. The molecule has 0 saturated heterocycles. The number of carbonyl (C=O) groups is 1. The van der Waals surface area contributed by atoms with E-state index in [9.17, 15) is 4.79 Å². The second-order valence-electron chi connectivity index (χ2n) is 4.24. The average molecular weight is 364 g/mol. The highest BCUT2D eigenvalue weighted by Gasteiger charge is 2.19. The number of benzene rings is 1. The first kappa shape index (κ1) is 14.0. The fourth-order valence-electron chi connectivity index (χ4n) is 1.71. The SMILES string of the molecule is CN(C(=O)c1ccco1)c1nnc(-c2ccc(Br)cc2)s1. The summed E-state index contributed by atoms with van der Waals surface area (Å²) in [5, 5.41) is 9.48. The zero-order valence-electron chi connectivity index (χ0n) is 11.0. The van der Waals surface area contributed by atoms with Crippen molar-refractivity contribution in [1.82, 2.24) is 10.2 Å². The Morgan fingerprint density at radius 2 is 2.00 bits per heavy atom. The molecule has 0 N–H and O–H groups in total. The van der Waals surface area contributed by atoms with Crippen molar-refractivity contribution in [3.05, 3.63) is 52.9 Å². The molecule has 5 nitrogen and oxygen atoms in total. The van der Waals surface area contributed by atoms with Gasteiger partial charge in [0.25, 0.3) is 5.91 Å². The van der Waals surface area contributed by atoms with Crippen LogP contribution in [0.15, 0.2) is 51.6 Å². The third-order valence-corrected chi connectivity index (χ3v) is 4.41. The molecule has 7 heteroatoms. The predicted octanol–water partition coefficient (Wildman–Crippen LogP) is 3.84. The molecular formula is C14H10BrN3O2S. The highest BCUT2D eigenvalue weighted by atomic mass is 79.9. The molecule has 0 fully saturated rings. The number of halogens is 1. The highest BCUT2D eigenvalue weighted by molar-refractivity contribution is 9.10. The molecule has 1 amide bonds. The minimum atomic E-state index is -0.251. The summed E-state index contributed by atoms with van der Waals surface area (Å²) in [6.07, 6.45) is 1.47. The lowest BCUT2D eigenvalue weighted by atomic mass is 10.2. The van der Waals surface area contributed by atoms with Crippen molar-refractivity contribution in [3.63, 3.8) is 0 Å². The largest absolute Gasteiger partial charge is 0.459 e. The van der Waals surface area contributed by atoms with Gasteiger partial charge in [-0.05, 0) is 24.3 Å². The van der Waals surface area contributed by atoms with Gasteiger partial charge < -0.3 is 4.42 Å². The van der Waals surface area contributed by atoms with E-state index in [0.29, 0.717) is 5.13 Å². The van der Waals surface area contributed by atoms with Crippen LogP contribution < -0.4 is 4.90 Å². The smallest absolute Gasteiger partial charge is 0.295 e. The van der Waals surface area contributed by atoms with Gasteiger partial charge in [0.1, 0.15) is 5.01 Å². The Morgan fingerprint density at radius 3 is 2.67 bits per heavy atom. The summed E-state index contributed by atoms with van der Waals surface area (Å²) in [6.45, 7) is 0. The molecule has 0 aliphatic heterocycles. The van der Waals surface area contributed by atoms with E-state index in [0.717, 1.165) is 15.0 Å². The second kappa shape index (κ2) is 5.79. The summed E-state index contributed by atoms with van der Waals surface area (Å²) in [4.78, 5) is 13.6. The molecule has 0 spiro atoms. The number of aromatic nitrogens is 2. The zero-order chi connectivity index (χ0) is 14.8. The minimum Gasteiger partial charge on any atom is -0.459 e. The standard InChI is InChI=1S/C14H10BrN3O2S/c1-18(13(19)11-3-2-8-20-11)14-17-16-12(21-14)9-4-6-10(15)7-5-9/h2-8H,1H3. The van der Waals surface area contributed by atoms with Crippen LogP contribution in [0.3, 0.4) is 0 Å². The van der Waals surface area contributed by atoms with Crippen LogP contribution in [0.1, 0.15) is 10.6 Å². The third kappa shape index (κ3) is 2.88. The van der Waals surface area contributed by atoms with Crippen LogP contribution in [0.25, 0.3) is 10.6 Å². The van der Waals surface area contributed by atoms with Crippen LogP contribution in [-0.2, 0) is 0 Å². The van der Waals surface area contributed by atoms with Crippen LogP contribution in [0.5, 0.6) is 0 Å². The van der Waals surface area contributed by atoms with Crippen molar-refractivity contribution < 1.29 is 9.21 Å². The third-order valence-electron chi connectivity index (χ3n) is 2.83. The number of nitrogens with zero attached hydrogens (tertiary/aromatic N) is 3. The lowest BCUT2D eigenvalue weighted by molar-refractivity contribution is 0.0966. The summed E-state index contributed by atoms with van der Waals surface area (Å²) >= 11 is 4.74. The monoisotopic (exact) mass is 363 g/mol. The molecule has 0 saturated carbocycles. The van der Waals surface area contributed by atoms with Crippen molar-refractivity contribution in [3.8, 4) is 10.6 Å². The van der Waals surface area contributed by atoms with Gasteiger partial charge in [0.05, 0.1) is 6.26 Å². The fraction of sp³-hybridized carbons (Fsp3) is 0.0714. The quantitative estimate of drug-likeness (QED) is 0.709. The molecule has 0 unspecified atom stereocenters. The highest BCUT2D eigenvalue weighted by Crippen LogP contribution is 2.29. The van der Waals surface area contributed by atoms with E-state index in [2.05, 4.69) is 26.1 Å². The van der Waals surface area contributed by atoms with Gasteiger partial charge in [-0.1, -0.05) is 39.4 Å². The normalized spacial score (nSPS) is 10.6. The second-order valence-corrected chi connectivity index (χ2v) is 6.11. The summed E-state index contributed by atoms with van der Waals surface area (Å²) < 4.78 is 6.10. The summed E-state index contributed by atoms with van der Waals surface area (Å²) in [5.41, 5.74) is 0.959. The Balaban J connectivity index is 1.84. The van der Waals surface area contributed by atoms with Crippen molar-refractivity contribution in [2.24, 2.45) is 0 Å². The number of anilines is 1. The number of amides is 1. The van der Waals surface area contributed by atoms with E-state index < -0.39 is 0 Å². The van der Waals surface area contributed by atoms with Crippen molar-refractivity contribution in [2.45, 2.75) is 0 Å². The van der Waals surface area contributed by atoms with Gasteiger partial charge in [0.15, 0.2) is 5.76 Å². The van der Waals surface area contributed by atoms with Crippen molar-refractivity contribution >= 4 is 38.3 Å². The lowest BCUT2D eigenvalue weighted by Crippen LogP contribution is -2.25. The molecule has 3 aromatic rings. The molecule has 2 aromatic heterocycles. The van der Waals surface area contributed by atoms with Gasteiger partial charge in [-0.3, -0.25) is 9.69 Å². The molecule has 0 radical (unpaired) electrons. The van der Waals surface area contributed by atoms with Gasteiger partial charge in [0.2, 0.25) is 5.13 Å². The van der Waals surface area contributed by atoms with Gasteiger partial charge in [0, 0.05) is 17.1 Å². The zero-order valence-corrected chi connectivity index (χ0v) is 13.4.